The molecule has 5 nitrogen and oxygen atoms in total. The largest absolute Gasteiger partial charge is 0.493 e. The van der Waals surface area contributed by atoms with Crippen molar-refractivity contribution in [2.75, 3.05) is 12.5 Å². The van der Waals surface area contributed by atoms with Crippen LogP contribution in [0.25, 0.3) is 0 Å². The molecule has 2 aromatic rings. The van der Waals surface area contributed by atoms with Crippen LogP contribution in [0.15, 0.2) is 41.6 Å². The Bertz CT molecular complexity index is 654. The van der Waals surface area contributed by atoms with E-state index in [1.807, 2.05) is 0 Å². The van der Waals surface area contributed by atoms with E-state index in [0.29, 0.717) is 11.4 Å². The third-order valence-corrected chi connectivity index (χ3v) is 2.80. The third-order valence-electron chi connectivity index (χ3n) is 2.52. The zero-order chi connectivity index (χ0) is 15.9. The van der Waals surface area contributed by atoms with Crippen LogP contribution in [-0.4, -0.2) is 24.9 Å². The Hall–Kier alpha value is -2.41. The molecule has 0 saturated carbocycles. The zero-order valence-corrected chi connectivity index (χ0v) is 12.2. The second-order valence-electron chi connectivity index (χ2n) is 4.00. The van der Waals surface area contributed by atoms with Gasteiger partial charge in [-0.1, -0.05) is 17.7 Å². The molecule has 0 bridgehead atoms. The Balaban J connectivity index is 2.16. The smallest absolute Gasteiger partial charge is 0.387 e. The van der Waals surface area contributed by atoms with Crippen molar-refractivity contribution >= 4 is 23.6 Å². The highest BCUT2D eigenvalue weighted by Crippen LogP contribution is 2.37. The van der Waals surface area contributed by atoms with Crippen molar-refractivity contribution < 1.29 is 18.3 Å². The standard InChI is InChI=1S/C14H12ClF2N3O2/c1-21-11-7-9(6-10(15)13(11)22-14(16)17)8-19-20-12-4-2-3-5-18-12/h2-8,14H,1H3,(H,18,20)/b19-8-. The fraction of sp³-hybridized carbons (Fsp3) is 0.143. The van der Waals surface area contributed by atoms with Crippen molar-refractivity contribution in [3.63, 3.8) is 0 Å². The Morgan fingerprint density at radius 2 is 2.18 bits per heavy atom. The lowest BCUT2D eigenvalue weighted by Gasteiger charge is -2.12. The highest BCUT2D eigenvalue weighted by atomic mass is 35.5. The Morgan fingerprint density at radius 1 is 1.36 bits per heavy atom. The van der Waals surface area contributed by atoms with Crippen LogP contribution in [0.3, 0.4) is 0 Å². The lowest BCUT2D eigenvalue weighted by molar-refractivity contribution is -0.0511. The van der Waals surface area contributed by atoms with E-state index in [1.54, 1.807) is 24.4 Å². The van der Waals surface area contributed by atoms with Gasteiger partial charge in [-0.15, -0.1) is 0 Å². The van der Waals surface area contributed by atoms with Crippen LogP contribution < -0.4 is 14.9 Å². The number of ether oxygens (including phenoxy) is 2. The van der Waals surface area contributed by atoms with E-state index in [2.05, 4.69) is 20.2 Å². The quantitative estimate of drug-likeness (QED) is 0.648. The molecule has 0 fully saturated rings. The lowest BCUT2D eigenvalue weighted by atomic mass is 10.2. The van der Waals surface area contributed by atoms with E-state index in [4.69, 9.17) is 16.3 Å². The fourth-order valence-corrected chi connectivity index (χ4v) is 1.88. The second-order valence-corrected chi connectivity index (χ2v) is 4.40. The monoisotopic (exact) mass is 327 g/mol. The number of halogens is 3. The van der Waals surface area contributed by atoms with Gasteiger partial charge in [0.05, 0.1) is 18.3 Å². The molecule has 0 aliphatic heterocycles. The molecule has 116 valence electrons. The van der Waals surface area contributed by atoms with E-state index in [9.17, 15) is 8.78 Å². The Morgan fingerprint density at radius 3 is 2.82 bits per heavy atom. The molecule has 0 unspecified atom stereocenters. The average molecular weight is 328 g/mol. The number of nitrogens with one attached hydrogen (secondary N) is 1. The molecule has 22 heavy (non-hydrogen) atoms. The molecular weight excluding hydrogens is 316 g/mol. The fourth-order valence-electron chi connectivity index (χ4n) is 1.62. The molecule has 1 aromatic heterocycles. The molecule has 1 N–H and O–H groups in total. The minimum absolute atomic E-state index is 0.000985. The zero-order valence-electron chi connectivity index (χ0n) is 11.5. The van der Waals surface area contributed by atoms with Crippen molar-refractivity contribution in [2.45, 2.75) is 6.61 Å². The first-order chi connectivity index (χ1) is 10.6. The van der Waals surface area contributed by atoms with Crippen molar-refractivity contribution in [1.82, 2.24) is 4.98 Å². The predicted molar refractivity (Wildman–Crippen MR) is 80.1 cm³/mol. The van der Waals surface area contributed by atoms with Gasteiger partial charge in [0.25, 0.3) is 0 Å². The summed E-state index contributed by atoms with van der Waals surface area (Å²) < 4.78 is 34.0. The van der Waals surface area contributed by atoms with Crippen LogP contribution in [0, 0.1) is 0 Å². The molecule has 1 heterocycles. The van der Waals surface area contributed by atoms with Gasteiger partial charge < -0.3 is 9.47 Å². The molecule has 0 saturated heterocycles. The van der Waals surface area contributed by atoms with Crippen LogP contribution in [0.1, 0.15) is 5.56 Å². The molecule has 8 heteroatoms. The SMILES string of the molecule is COc1cc(/C=N\Nc2ccccn2)cc(Cl)c1OC(F)F. The number of hydrogen-bond acceptors (Lipinski definition) is 5. The summed E-state index contributed by atoms with van der Waals surface area (Å²) in [6.07, 6.45) is 3.07. The van der Waals surface area contributed by atoms with Gasteiger partial charge in [0.1, 0.15) is 5.82 Å². The third kappa shape index (κ3) is 4.29. The first-order valence-corrected chi connectivity index (χ1v) is 6.50. The van der Waals surface area contributed by atoms with Gasteiger partial charge in [0.15, 0.2) is 11.5 Å². The molecule has 0 radical (unpaired) electrons. The van der Waals surface area contributed by atoms with Crippen LogP contribution in [-0.2, 0) is 0 Å². The van der Waals surface area contributed by atoms with E-state index < -0.39 is 6.61 Å². The topological polar surface area (TPSA) is 55.7 Å². The van der Waals surface area contributed by atoms with Crippen LogP contribution >= 0.6 is 11.6 Å². The summed E-state index contributed by atoms with van der Waals surface area (Å²) in [7, 11) is 1.33. The average Bonchev–Trinajstić information content (AvgIpc) is 2.50. The number of anilines is 1. The van der Waals surface area contributed by atoms with Crippen molar-refractivity contribution in [3.8, 4) is 11.5 Å². The van der Waals surface area contributed by atoms with Crippen molar-refractivity contribution in [1.29, 1.82) is 0 Å². The maximum absolute atomic E-state index is 12.3. The molecule has 0 aliphatic carbocycles. The van der Waals surface area contributed by atoms with E-state index in [0.717, 1.165) is 0 Å². The van der Waals surface area contributed by atoms with E-state index >= 15 is 0 Å². The van der Waals surface area contributed by atoms with Gasteiger partial charge in [0, 0.05) is 6.20 Å². The highest BCUT2D eigenvalue weighted by molar-refractivity contribution is 6.32. The van der Waals surface area contributed by atoms with Gasteiger partial charge in [0.2, 0.25) is 0 Å². The molecule has 1 aromatic carbocycles. The number of methoxy groups -OCH3 is 1. The number of alkyl halides is 2. The number of nitrogens with zero attached hydrogens (tertiary/aromatic N) is 2. The van der Waals surface area contributed by atoms with E-state index in [-0.39, 0.29) is 16.5 Å². The maximum atomic E-state index is 12.3. The minimum atomic E-state index is -2.99. The first kappa shape index (κ1) is 16.0. The first-order valence-electron chi connectivity index (χ1n) is 6.12. The summed E-state index contributed by atoms with van der Waals surface area (Å²) in [5.41, 5.74) is 3.27. The summed E-state index contributed by atoms with van der Waals surface area (Å²) in [6.45, 7) is -2.99. The van der Waals surface area contributed by atoms with Crippen molar-refractivity contribution in [2.24, 2.45) is 5.10 Å². The van der Waals surface area contributed by atoms with Crippen molar-refractivity contribution in [3.05, 3.63) is 47.1 Å². The second kappa shape index (κ2) is 7.56. The van der Waals surface area contributed by atoms with Crippen LogP contribution in [0.5, 0.6) is 11.5 Å². The number of aromatic nitrogens is 1. The molecule has 2 rings (SSSR count). The predicted octanol–water partition coefficient (Wildman–Crippen LogP) is 3.79. The number of hydrogen-bond donors (Lipinski definition) is 1. The summed E-state index contributed by atoms with van der Waals surface area (Å²) in [5.74, 6) is 0.440. The van der Waals surface area contributed by atoms with E-state index in [1.165, 1.54) is 25.5 Å². The van der Waals surface area contributed by atoms with Crippen LogP contribution in [0.2, 0.25) is 5.02 Å². The van der Waals surface area contributed by atoms with Crippen LogP contribution in [0.4, 0.5) is 14.6 Å². The number of pyridine rings is 1. The lowest BCUT2D eigenvalue weighted by Crippen LogP contribution is -2.04. The molecule has 0 spiro atoms. The van der Waals surface area contributed by atoms with Gasteiger partial charge in [-0.05, 0) is 29.8 Å². The Kier molecular flexibility index (Phi) is 5.48. The number of rotatable bonds is 6. The minimum Gasteiger partial charge on any atom is -0.493 e. The number of hydrazone groups is 1. The molecular formula is C14H12ClF2N3O2. The summed E-state index contributed by atoms with van der Waals surface area (Å²) in [5, 5.41) is 3.98. The van der Waals surface area contributed by atoms with Gasteiger partial charge >= 0.3 is 6.61 Å². The highest BCUT2D eigenvalue weighted by Gasteiger charge is 2.15. The molecule has 0 aliphatic rings. The number of benzene rings is 1. The summed E-state index contributed by atoms with van der Waals surface area (Å²) >= 11 is 5.92. The maximum Gasteiger partial charge on any atom is 0.387 e. The summed E-state index contributed by atoms with van der Waals surface area (Å²) in [4.78, 5) is 4.03. The molecule has 0 amide bonds. The van der Waals surface area contributed by atoms with Gasteiger partial charge in [-0.25, -0.2) is 4.98 Å². The van der Waals surface area contributed by atoms with Gasteiger partial charge in [-0.2, -0.15) is 13.9 Å². The van der Waals surface area contributed by atoms with Gasteiger partial charge in [-0.3, -0.25) is 5.43 Å². The molecule has 0 atom stereocenters. The normalized spacial score (nSPS) is 11.0. The summed E-state index contributed by atoms with van der Waals surface area (Å²) in [6, 6.07) is 8.24. The Labute approximate surface area is 130 Å².